The van der Waals surface area contributed by atoms with Crippen molar-refractivity contribution in [3.63, 3.8) is 0 Å². The SMILES string of the molecule is CC[C@@H]1COC2=C(C(=O)Nc3ccc(Cl)cc3)C(=O)C[C@H](c3ccc(C)cc3)N21. The van der Waals surface area contributed by atoms with Crippen LogP contribution in [0.3, 0.4) is 0 Å². The first-order valence-electron chi connectivity index (χ1n) is 9.80. The third kappa shape index (κ3) is 3.75. The van der Waals surface area contributed by atoms with Crippen molar-refractivity contribution in [2.75, 3.05) is 11.9 Å². The Labute approximate surface area is 175 Å². The predicted molar refractivity (Wildman–Crippen MR) is 113 cm³/mol. The predicted octanol–water partition coefficient (Wildman–Crippen LogP) is 4.62. The number of nitrogens with one attached hydrogen (secondary N) is 1. The van der Waals surface area contributed by atoms with Crippen molar-refractivity contribution in [2.24, 2.45) is 0 Å². The molecule has 0 unspecified atom stereocenters. The smallest absolute Gasteiger partial charge is 0.264 e. The minimum absolute atomic E-state index is 0.0965. The van der Waals surface area contributed by atoms with Crippen molar-refractivity contribution in [3.8, 4) is 0 Å². The lowest BCUT2D eigenvalue weighted by molar-refractivity contribution is -0.122. The highest BCUT2D eigenvalue weighted by Gasteiger charge is 2.45. The largest absolute Gasteiger partial charge is 0.476 e. The van der Waals surface area contributed by atoms with Crippen molar-refractivity contribution in [1.29, 1.82) is 0 Å². The van der Waals surface area contributed by atoms with E-state index in [1.165, 1.54) is 5.56 Å². The average Bonchev–Trinajstić information content (AvgIpc) is 3.13. The number of carbonyl (C=O) groups excluding carboxylic acids is 2. The molecule has 1 N–H and O–H groups in total. The first-order chi connectivity index (χ1) is 14.0. The molecule has 1 amide bonds. The molecule has 6 heteroatoms. The molecule has 0 radical (unpaired) electrons. The van der Waals surface area contributed by atoms with Crippen molar-refractivity contribution >= 4 is 29.0 Å². The lowest BCUT2D eigenvalue weighted by Crippen LogP contribution is -2.41. The number of hydrogen-bond donors (Lipinski definition) is 1. The second-order valence-corrected chi connectivity index (χ2v) is 7.91. The average molecular weight is 411 g/mol. The van der Waals surface area contributed by atoms with Crippen LogP contribution in [0.1, 0.15) is 36.9 Å². The van der Waals surface area contributed by atoms with Gasteiger partial charge in [-0.25, -0.2) is 0 Å². The van der Waals surface area contributed by atoms with E-state index in [1.807, 2.05) is 19.1 Å². The molecular formula is C23H23ClN2O3. The number of ketones is 1. The van der Waals surface area contributed by atoms with Gasteiger partial charge in [-0.15, -0.1) is 0 Å². The number of fused-ring (bicyclic) bond motifs is 1. The van der Waals surface area contributed by atoms with Crippen molar-refractivity contribution in [3.05, 3.63) is 76.1 Å². The standard InChI is InChI=1S/C23H23ClN2O3/c1-3-18-13-29-23-21(22(28)25-17-10-8-16(24)9-11-17)20(27)12-19(26(18)23)15-6-4-14(2)5-7-15/h4-11,18-19H,3,12-13H2,1-2H3,(H,25,28)/t18-,19-/m1/s1. The number of rotatable bonds is 4. The van der Waals surface area contributed by atoms with E-state index in [0.29, 0.717) is 23.2 Å². The molecule has 1 saturated heterocycles. The second-order valence-electron chi connectivity index (χ2n) is 7.48. The molecule has 0 aromatic heterocycles. The van der Waals surface area contributed by atoms with Crippen LogP contribution in [0.15, 0.2) is 60.0 Å². The number of amides is 1. The summed E-state index contributed by atoms with van der Waals surface area (Å²) in [6, 6.07) is 15.0. The van der Waals surface area contributed by atoms with Crippen molar-refractivity contribution in [2.45, 2.75) is 38.8 Å². The van der Waals surface area contributed by atoms with Crippen LogP contribution in [0, 0.1) is 6.92 Å². The van der Waals surface area contributed by atoms with E-state index in [4.69, 9.17) is 16.3 Å². The quantitative estimate of drug-likeness (QED) is 0.747. The van der Waals surface area contributed by atoms with Gasteiger partial charge >= 0.3 is 0 Å². The number of anilines is 1. The molecule has 2 aliphatic heterocycles. The van der Waals surface area contributed by atoms with Crippen LogP contribution in [-0.2, 0) is 14.3 Å². The number of ether oxygens (including phenoxy) is 1. The first kappa shape index (κ1) is 19.5. The topological polar surface area (TPSA) is 58.6 Å². The minimum atomic E-state index is -0.448. The van der Waals surface area contributed by atoms with Crippen LogP contribution >= 0.6 is 11.6 Å². The molecule has 0 saturated carbocycles. The summed E-state index contributed by atoms with van der Waals surface area (Å²) < 4.78 is 5.90. The molecule has 2 atom stereocenters. The fourth-order valence-corrected chi connectivity index (χ4v) is 4.05. The molecule has 4 rings (SSSR count). The molecule has 0 bridgehead atoms. The zero-order valence-corrected chi connectivity index (χ0v) is 17.2. The summed E-state index contributed by atoms with van der Waals surface area (Å²) in [5, 5.41) is 3.37. The highest BCUT2D eigenvalue weighted by Crippen LogP contribution is 2.41. The van der Waals surface area contributed by atoms with Gasteiger partial charge in [-0.1, -0.05) is 48.4 Å². The molecule has 2 aromatic carbocycles. The Kier molecular flexibility index (Phi) is 5.33. The monoisotopic (exact) mass is 410 g/mol. The Bertz CT molecular complexity index is 967. The number of benzene rings is 2. The number of Topliss-reactive ketones (excluding diaryl/α,β-unsaturated/α-hetero) is 1. The molecule has 150 valence electrons. The Morgan fingerprint density at radius 3 is 2.52 bits per heavy atom. The molecular weight excluding hydrogens is 388 g/mol. The third-order valence-corrected chi connectivity index (χ3v) is 5.76. The van der Waals surface area contributed by atoms with Gasteiger partial charge in [0.2, 0.25) is 5.88 Å². The number of hydrogen-bond acceptors (Lipinski definition) is 4. The Morgan fingerprint density at radius 1 is 1.17 bits per heavy atom. The number of halogens is 1. The third-order valence-electron chi connectivity index (χ3n) is 5.51. The molecule has 0 aliphatic carbocycles. The summed E-state index contributed by atoms with van der Waals surface area (Å²) in [5.41, 5.74) is 2.90. The van der Waals surface area contributed by atoms with Gasteiger partial charge < -0.3 is 15.0 Å². The Balaban J connectivity index is 1.69. The first-order valence-corrected chi connectivity index (χ1v) is 10.2. The molecule has 29 heavy (non-hydrogen) atoms. The molecule has 2 aliphatic rings. The number of aryl methyl sites for hydroxylation is 1. The van der Waals surface area contributed by atoms with Gasteiger partial charge in [-0.2, -0.15) is 0 Å². The maximum Gasteiger partial charge on any atom is 0.264 e. The number of carbonyl (C=O) groups is 2. The van der Waals surface area contributed by atoms with Crippen LogP contribution in [0.4, 0.5) is 5.69 Å². The van der Waals surface area contributed by atoms with Crippen LogP contribution in [0.25, 0.3) is 0 Å². The van der Waals surface area contributed by atoms with Crippen LogP contribution in [-0.4, -0.2) is 29.2 Å². The van der Waals surface area contributed by atoms with E-state index in [0.717, 1.165) is 12.0 Å². The number of nitrogens with zero attached hydrogens (tertiary/aromatic N) is 1. The van der Waals surface area contributed by atoms with Crippen molar-refractivity contribution in [1.82, 2.24) is 4.90 Å². The zero-order valence-electron chi connectivity index (χ0n) is 16.4. The maximum atomic E-state index is 13.0. The molecule has 1 fully saturated rings. The fourth-order valence-electron chi connectivity index (χ4n) is 3.92. The van der Waals surface area contributed by atoms with Gasteiger partial charge in [0, 0.05) is 17.1 Å². The van der Waals surface area contributed by atoms with Gasteiger partial charge in [0.1, 0.15) is 12.2 Å². The van der Waals surface area contributed by atoms with Gasteiger partial charge in [0.25, 0.3) is 5.91 Å². The summed E-state index contributed by atoms with van der Waals surface area (Å²) in [6.45, 7) is 4.60. The van der Waals surface area contributed by atoms with Gasteiger partial charge in [-0.3, -0.25) is 9.59 Å². The Morgan fingerprint density at radius 2 is 1.86 bits per heavy atom. The van der Waals surface area contributed by atoms with Gasteiger partial charge in [0.15, 0.2) is 5.78 Å². The van der Waals surface area contributed by atoms with E-state index in [2.05, 4.69) is 29.3 Å². The van der Waals surface area contributed by atoms with Gasteiger partial charge in [-0.05, 0) is 43.2 Å². The lowest BCUT2D eigenvalue weighted by atomic mass is 9.90. The normalized spacial score (nSPS) is 21.1. The zero-order chi connectivity index (χ0) is 20.5. The highest BCUT2D eigenvalue weighted by molar-refractivity contribution is 6.30. The van der Waals surface area contributed by atoms with E-state index >= 15 is 0 Å². The fraction of sp³-hybridized carbons (Fsp3) is 0.304. The molecule has 5 nitrogen and oxygen atoms in total. The van der Waals surface area contributed by atoms with E-state index < -0.39 is 5.91 Å². The molecule has 0 spiro atoms. The van der Waals surface area contributed by atoms with Crippen LogP contribution in [0.5, 0.6) is 0 Å². The molecule has 2 heterocycles. The van der Waals surface area contributed by atoms with E-state index in [1.54, 1.807) is 24.3 Å². The Hall–Kier alpha value is -2.79. The van der Waals surface area contributed by atoms with Crippen LogP contribution in [0.2, 0.25) is 5.02 Å². The summed E-state index contributed by atoms with van der Waals surface area (Å²) in [6.07, 6.45) is 1.11. The molecule has 2 aromatic rings. The van der Waals surface area contributed by atoms with E-state index in [-0.39, 0.29) is 29.9 Å². The summed E-state index contributed by atoms with van der Waals surface area (Å²) in [5.74, 6) is -0.258. The summed E-state index contributed by atoms with van der Waals surface area (Å²) >= 11 is 5.91. The minimum Gasteiger partial charge on any atom is -0.476 e. The second kappa shape index (κ2) is 7.91. The summed E-state index contributed by atoms with van der Waals surface area (Å²) in [7, 11) is 0. The summed E-state index contributed by atoms with van der Waals surface area (Å²) in [4.78, 5) is 28.1. The van der Waals surface area contributed by atoms with E-state index in [9.17, 15) is 9.59 Å². The van der Waals surface area contributed by atoms with Crippen molar-refractivity contribution < 1.29 is 14.3 Å². The highest BCUT2D eigenvalue weighted by atomic mass is 35.5. The van der Waals surface area contributed by atoms with Crippen LogP contribution < -0.4 is 5.32 Å². The van der Waals surface area contributed by atoms with Gasteiger partial charge in [0.05, 0.1) is 12.1 Å². The lowest BCUT2D eigenvalue weighted by Gasteiger charge is -2.37. The maximum absolute atomic E-state index is 13.0.